The first kappa shape index (κ1) is 23.2. The number of thioether (sulfide) groups is 1. The van der Waals surface area contributed by atoms with Crippen molar-refractivity contribution < 1.29 is 17.6 Å². The maximum absolute atomic E-state index is 13.1. The fraction of sp³-hybridized carbons (Fsp3) is 0.435. The van der Waals surface area contributed by atoms with Crippen molar-refractivity contribution in [3.05, 3.63) is 53.8 Å². The molecule has 0 spiro atoms. The summed E-state index contributed by atoms with van der Waals surface area (Å²) in [6, 6.07) is 11.5. The van der Waals surface area contributed by atoms with Crippen molar-refractivity contribution in [3.8, 4) is 0 Å². The largest absolute Gasteiger partial charge is 0.325 e. The Morgan fingerprint density at radius 1 is 1.16 bits per heavy atom. The monoisotopic (exact) mass is 477 g/mol. The standard InChI is InChI=1S/C23H28FN3O3S2/c1-16-12-23(28)26-21-13-20(6-7-22(21)31-16)32(29,30)25-14-17-8-10-27(11-9-17)15-18-2-4-19(24)5-3-18/h2-7,13,16-17,25H,8-12,14-15H2,1H3,(H,26,28). The Hall–Kier alpha value is -1.94. The van der Waals surface area contributed by atoms with Crippen molar-refractivity contribution in [1.82, 2.24) is 9.62 Å². The molecule has 2 aliphatic heterocycles. The zero-order valence-electron chi connectivity index (χ0n) is 18.0. The Morgan fingerprint density at radius 3 is 2.59 bits per heavy atom. The van der Waals surface area contributed by atoms with Crippen molar-refractivity contribution in [3.63, 3.8) is 0 Å². The number of carbonyl (C=O) groups excluding carboxylic acids is 1. The van der Waals surface area contributed by atoms with Crippen molar-refractivity contribution in [2.24, 2.45) is 5.92 Å². The van der Waals surface area contributed by atoms with Gasteiger partial charge in [0.15, 0.2) is 0 Å². The summed E-state index contributed by atoms with van der Waals surface area (Å²) in [5.74, 6) is -0.0604. The Bertz CT molecular complexity index is 1070. The summed E-state index contributed by atoms with van der Waals surface area (Å²) in [7, 11) is -3.66. The number of fused-ring (bicyclic) bond motifs is 1. The van der Waals surface area contributed by atoms with Crippen LogP contribution in [0.25, 0.3) is 0 Å². The molecule has 6 nitrogen and oxygen atoms in total. The van der Waals surface area contributed by atoms with E-state index in [9.17, 15) is 17.6 Å². The second-order valence-electron chi connectivity index (χ2n) is 8.54. The third kappa shape index (κ3) is 5.89. The van der Waals surface area contributed by atoms with Gasteiger partial charge in [-0.1, -0.05) is 19.1 Å². The van der Waals surface area contributed by atoms with Crippen LogP contribution in [-0.2, 0) is 21.4 Å². The van der Waals surface area contributed by atoms with Gasteiger partial charge in [-0.05, 0) is 67.7 Å². The first-order valence-corrected chi connectivity index (χ1v) is 13.2. The molecule has 1 unspecified atom stereocenters. The highest BCUT2D eigenvalue weighted by atomic mass is 32.2. The van der Waals surface area contributed by atoms with Crippen LogP contribution in [0.15, 0.2) is 52.3 Å². The van der Waals surface area contributed by atoms with Gasteiger partial charge in [0, 0.05) is 29.7 Å². The molecule has 4 rings (SSSR count). The lowest BCUT2D eigenvalue weighted by Gasteiger charge is -2.32. The van der Waals surface area contributed by atoms with Gasteiger partial charge in [-0.15, -0.1) is 11.8 Å². The number of sulfonamides is 1. The van der Waals surface area contributed by atoms with E-state index in [-0.39, 0.29) is 27.8 Å². The van der Waals surface area contributed by atoms with Crippen LogP contribution in [0.4, 0.5) is 10.1 Å². The number of benzene rings is 2. The minimum Gasteiger partial charge on any atom is -0.325 e. The molecule has 2 aromatic carbocycles. The number of anilines is 1. The lowest BCUT2D eigenvalue weighted by molar-refractivity contribution is -0.116. The van der Waals surface area contributed by atoms with E-state index < -0.39 is 10.0 Å². The zero-order chi connectivity index (χ0) is 22.7. The minimum atomic E-state index is -3.66. The second kappa shape index (κ2) is 9.91. The topological polar surface area (TPSA) is 78.5 Å². The predicted molar refractivity (Wildman–Crippen MR) is 125 cm³/mol. The molecule has 32 heavy (non-hydrogen) atoms. The summed E-state index contributed by atoms with van der Waals surface area (Å²) in [5.41, 5.74) is 1.63. The van der Waals surface area contributed by atoms with Crippen molar-refractivity contribution in [2.45, 2.75) is 47.8 Å². The third-order valence-corrected chi connectivity index (χ3v) is 8.53. The fourth-order valence-corrected chi connectivity index (χ4v) is 6.30. The molecule has 0 radical (unpaired) electrons. The van der Waals surface area contributed by atoms with Gasteiger partial charge >= 0.3 is 0 Å². The number of rotatable bonds is 6. The van der Waals surface area contributed by atoms with Crippen LogP contribution in [0.3, 0.4) is 0 Å². The highest BCUT2D eigenvalue weighted by Crippen LogP contribution is 2.36. The van der Waals surface area contributed by atoms with Gasteiger partial charge in [-0.25, -0.2) is 17.5 Å². The number of hydrogen-bond acceptors (Lipinski definition) is 5. The van der Waals surface area contributed by atoms with Crippen LogP contribution in [0.1, 0.15) is 31.7 Å². The quantitative estimate of drug-likeness (QED) is 0.661. The Kier molecular flexibility index (Phi) is 7.19. The van der Waals surface area contributed by atoms with E-state index in [1.165, 1.54) is 12.1 Å². The van der Waals surface area contributed by atoms with E-state index in [1.807, 2.05) is 6.92 Å². The number of amides is 1. The lowest BCUT2D eigenvalue weighted by Crippen LogP contribution is -2.38. The maximum Gasteiger partial charge on any atom is 0.240 e. The molecule has 2 aliphatic rings. The SMILES string of the molecule is CC1CC(=O)Nc2cc(S(=O)(=O)NCC3CCN(Cc4ccc(F)cc4)CC3)ccc2S1. The molecule has 2 N–H and O–H groups in total. The molecule has 1 atom stereocenters. The number of hydrogen-bond donors (Lipinski definition) is 2. The van der Waals surface area contributed by atoms with Gasteiger partial charge in [0.2, 0.25) is 15.9 Å². The molecule has 2 aromatic rings. The van der Waals surface area contributed by atoms with Crippen LogP contribution in [0.5, 0.6) is 0 Å². The number of nitrogens with one attached hydrogen (secondary N) is 2. The average molecular weight is 478 g/mol. The number of likely N-dealkylation sites (tertiary alicyclic amines) is 1. The molecular formula is C23H28FN3O3S2. The van der Waals surface area contributed by atoms with Crippen LogP contribution in [0.2, 0.25) is 0 Å². The van der Waals surface area contributed by atoms with E-state index in [0.717, 1.165) is 42.9 Å². The van der Waals surface area contributed by atoms with Crippen molar-refractivity contribution in [1.29, 1.82) is 0 Å². The molecule has 9 heteroatoms. The molecular weight excluding hydrogens is 449 g/mol. The van der Waals surface area contributed by atoms with Crippen molar-refractivity contribution in [2.75, 3.05) is 25.0 Å². The van der Waals surface area contributed by atoms with Gasteiger partial charge in [-0.3, -0.25) is 9.69 Å². The van der Waals surface area contributed by atoms with Gasteiger partial charge in [0.1, 0.15) is 5.82 Å². The predicted octanol–water partition coefficient (Wildman–Crippen LogP) is 3.84. The van der Waals surface area contributed by atoms with E-state index in [2.05, 4.69) is 14.9 Å². The maximum atomic E-state index is 13.1. The van der Waals surface area contributed by atoms with E-state index >= 15 is 0 Å². The van der Waals surface area contributed by atoms with E-state index in [1.54, 1.807) is 42.1 Å². The average Bonchev–Trinajstić information content (AvgIpc) is 2.90. The highest BCUT2D eigenvalue weighted by Gasteiger charge is 2.24. The third-order valence-electron chi connectivity index (χ3n) is 5.93. The summed E-state index contributed by atoms with van der Waals surface area (Å²) in [4.78, 5) is 15.4. The van der Waals surface area contributed by atoms with Gasteiger partial charge in [-0.2, -0.15) is 0 Å². The molecule has 0 saturated carbocycles. The van der Waals surface area contributed by atoms with Crippen LogP contribution in [-0.4, -0.2) is 44.1 Å². The second-order valence-corrected chi connectivity index (χ2v) is 11.8. The summed E-state index contributed by atoms with van der Waals surface area (Å²) in [6.07, 6.45) is 2.20. The summed E-state index contributed by atoms with van der Waals surface area (Å²) < 4.78 is 41.5. The first-order valence-electron chi connectivity index (χ1n) is 10.9. The first-order chi connectivity index (χ1) is 15.3. The summed E-state index contributed by atoms with van der Waals surface area (Å²) in [6.45, 7) is 4.91. The summed E-state index contributed by atoms with van der Waals surface area (Å²) >= 11 is 1.57. The van der Waals surface area contributed by atoms with E-state index in [0.29, 0.717) is 18.7 Å². The Labute approximate surface area is 193 Å². The van der Waals surface area contributed by atoms with Crippen LogP contribution < -0.4 is 10.0 Å². The van der Waals surface area contributed by atoms with Gasteiger partial charge in [0.05, 0.1) is 10.6 Å². The highest BCUT2D eigenvalue weighted by molar-refractivity contribution is 8.00. The Balaban J connectivity index is 1.31. The molecule has 1 saturated heterocycles. The fourth-order valence-electron chi connectivity index (χ4n) is 4.11. The lowest BCUT2D eigenvalue weighted by atomic mass is 9.97. The molecule has 2 heterocycles. The van der Waals surface area contributed by atoms with Gasteiger partial charge in [0.25, 0.3) is 0 Å². The molecule has 0 bridgehead atoms. The number of halogens is 1. The zero-order valence-corrected chi connectivity index (χ0v) is 19.6. The molecule has 1 amide bonds. The number of piperidine rings is 1. The molecule has 172 valence electrons. The van der Waals surface area contributed by atoms with Gasteiger partial charge < -0.3 is 5.32 Å². The smallest absolute Gasteiger partial charge is 0.240 e. The molecule has 0 aromatic heterocycles. The number of nitrogens with zero attached hydrogens (tertiary/aromatic N) is 1. The minimum absolute atomic E-state index is 0.0985. The van der Waals surface area contributed by atoms with E-state index in [4.69, 9.17) is 0 Å². The van der Waals surface area contributed by atoms with Crippen molar-refractivity contribution >= 4 is 33.4 Å². The normalized spacial score (nSPS) is 20.4. The number of carbonyl (C=O) groups is 1. The summed E-state index contributed by atoms with van der Waals surface area (Å²) in [5, 5.41) is 2.96. The molecule has 0 aliphatic carbocycles. The Morgan fingerprint density at radius 2 is 1.88 bits per heavy atom. The molecule has 1 fully saturated rings. The van der Waals surface area contributed by atoms with Crippen LogP contribution in [0, 0.1) is 11.7 Å². The van der Waals surface area contributed by atoms with Crippen LogP contribution >= 0.6 is 11.8 Å².